The van der Waals surface area contributed by atoms with Gasteiger partial charge in [0.25, 0.3) is 0 Å². The van der Waals surface area contributed by atoms with E-state index >= 15 is 0 Å². The van der Waals surface area contributed by atoms with Crippen LogP contribution in [0.25, 0.3) is 0 Å². The zero-order valence-corrected chi connectivity index (χ0v) is 15.9. The highest BCUT2D eigenvalue weighted by molar-refractivity contribution is 9.12. The van der Waals surface area contributed by atoms with Gasteiger partial charge in [0, 0.05) is 11.1 Å². The number of benzene rings is 1. The number of hydrogen-bond donors (Lipinski definition) is 1. The normalized spacial score (nSPS) is 12.6. The number of halogens is 3. The number of thiophene rings is 1. The zero-order valence-electron chi connectivity index (χ0n) is 11.1. The second-order valence-corrected chi connectivity index (χ2v) is 8.81. The van der Waals surface area contributed by atoms with Crippen LogP contribution < -0.4 is 5.32 Å². The highest BCUT2D eigenvalue weighted by Crippen LogP contribution is 2.36. The molecule has 2 rings (SSSR count). The molecular weight excluding hydrogens is 422 g/mol. The number of hydrogen-bond acceptors (Lipinski definition) is 2. The van der Waals surface area contributed by atoms with E-state index in [0.29, 0.717) is 6.04 Å². The Morgan fingerprint density at radius 2 is 2.10 bits per heavy atom. The van der Waals surface area contributed by atoms with E-state index < -0.39 is 0 Å². The van der Waals surface area contributed by atoms with Crippen molar-refractivity contribution in [1.29, 1.82) is 0 Å². The fourth-order valence-corrected chi connectivity index (χ4v) is 5.29. The first-order valence-electron chi connectivity index (χ1n) is 6.52. The molecule has 1 aromatic heterocycles. The molecule has 0 aliphatic rings. The van der Waals surface area contributed by atoms with Crippen molar-refractivity contribution < 1.29 is 0 Å². The van der Waals surface area contributed by atoms with Gasteiger partial charge in [0.05, 0.1) is 7.57 Å². The molecule has 0 aliphatic heterocycles. The Bertz CT molecular complexity index is 571. The maximum absolute atomic E-state index is 6.08. The SMILES string of the molecule is CCCNC(Cc1cccc(Cl)c1)c1cc(Br)sc1Br. The summed E-state index contributed by atoms with van der Waals surface area (Å²) in [6.45, 7) is 3.19. The molecule has 2 aromatic rings. The van der Waals surface area contributed by atoms with E-state index in [-0.39, 0.29) is 0 Å². The van der Waals surface area contributed by atoms with Gasteiger partial charge in [-0.25, -0.2) is 0 Å². The van der Waals surface area contributed by atoms with Gasteiger partial charge in [-0.3, -0.25) is 0 Å². The van der Waals surface area contributed by atoms with Gasteiger partial charge < -0.3 is 5.32 Å². The molecule has 1 unspecified atom stereocenters. The van der Waals surface area contributed by atoms with E-state index in [1.807, 2.05) is 18.2 Å². The highest BCUT2D eigenvalue weighted by Gasteiger charge is 2.17. The maximum Gasteiger partial charge on any atom is 0.0758 e. The van der Waals surface area contributed by atoms with E-state index in [1.165, 1.54) is 14.9 Å². The molecule has 20 heavy (non-hydrogen) atoms. The number of nitrogens with one attached hydrogen (secondary N) is 1. The smallest absolute Gasteiger partial charge is 0.0758 e. The predicted molar refractivity (Wildman–Crippen MR) is 95.9 cm³/mol. The lowest BCUT2D eigenvalue weighted by Crippen LogP contribution is -2.24. The molecule has 0 saturated carbocycles. The molecule has 1 heterocycles. The summed E-state index contributed by atoms with van der Waals surface area (Å²) in [6.07, 6.45) is 2.05. The van der Waals surface area contributed by atoms with Gasteiger partial charge >= 0.3 is 0 Å². The van der Waals surface area contributed by atoms with Gasteiger partial charge in [0.1, 0.15) is 0 Å². The van der Waals surface area contributed by atoms with Crippen LogP contribution in [-0.4, -0.2) is 6.54 Å². The van der Waals surface area contributed by atoms with Gasteiger partial charge in [0.2, 0.25) is 0 Å². The van der Waals surface area contributed by atoms with Crippen molar-refractivity contribution in [2.75, 3.05) is 6.54 Å². The first-order chi connectivity index (χ1) is 9.60. The Labute approximate surface area is 146 Å². The Morgan fingerprint density at radius 1 is 1.30 bits per heavy atom. The third kappa shape index (κ3) is 4.57. The minimum absolute atomic E-state index is 0.297. The van der Waals surface area contributed by atoms with Crippen molar-refractivity contribution in [3.05, 3.63) is 54.1 Å². The van der Waals surface area contributed by atoms with E-state index in [2.05, 4.69) is 56.2 Å². The summed E-state index contributed by atoms with van der Waals surface area (Å²) < 4.78 is 2.33. The first-order valence-corrected chi connectivity index (χ1v) is 9.30. The van der Waals surface area contributed by atoms with Crippen LogP contribution in [-0.2, 0) is 6.42 Å². The minimum Gasteiger partial charge on any atom is -0.310 e. The fraction of sp³-hybridized carbons (Fsp3) is 0.333. The second-order valence-electron chi connectivity index (χ2n) is 4.62. The second kappa shape index (κ2) is 7.95. The third-order valence-electron chi connectivity index (χ3n) is 3.03. The molecule has 1 N–H and O–H groups in total. The van der Waals surface area contributed by atoms with Crippen LogP contribution in [0.4, 0.5) is 0 Å². The van der Waals surface area contributed by atoms with Crippen molar-refractivity contribution >= 4 is 54.8 Å². The summed E-state index contributed by atoms with van der Waals surface area (Å²) in [4.78, 5) is 0. The molecule has 1 nitrogen and oxygen atoms in total. The lowest BCUT2D eigenvalue weighted by molar-refractivity contribution is 0.529. The van der Waals surface area contributed by atoms with Crippen molar-refractivity contribution in [2.45, 2.75) is 25.8 Å². The summed E-state index contributed by atoms with van der Waals surface area (Å²) >= 11 is 15.0. The predicted octanol–water partition coefficient (Wildman–Crippen LogP) is 6.21. The first kappa shape index (κ1) is 16.5. The monoisotopic (exact) mass is 435 g/mol. The average molecular weight is 438 g/mol. The van der Waals surface area contributed by atoms with Gasteiger partial charge in [0.15, 0.2) is 0 Å². The molecule has 0 amide bonds. The van der Waals surface area contributed by atoms with Crippen LogP contribution in [0.2, 0.25) is 5.02 Å². The molecular formula is C15H16Br2ClNS. The van der Waals surface area contributed by atoms with Gasteiger partial charge in [-0.05, 0) is 80.6 Å². The minimum atomic E-state index is 0.297. The molecule has 0 saturated heterocycles. The van der Waals surface area contributed by atoms with E-state index in [0.717, 1.165) is 28.2 Å². The van der Waals surface area contributed by atoms with Crippen LogP contribution in [0.1, 0.15) is 30.5 Å². The molecule has 0 fully saturated rings. The quantitative estimate of drug-likeness (QED) is 0.566. The molecule has 5 heteroatoms. The average Bonchev–Trinajstić information content (AvgIpc) is 2.73. The summed E-state index contributed by atoms with van der Waals surface area (Å²) in [5.74, 6) is 0. The van der Waals surface area contributed by atoms with Crippen LogP contribution in [0.5, 0.6) is 0 Å². The lowest BCUT2D eigenvalue weighted by atomic mass is 10.0. The molecule has 0 aliphatic carbocycles. The Morgan fingerprint density at radius 3 is 2.70 bits per heavy atom. The standard InChI is InChI=1S/C15H16Br2ClNS/c1-2-6-19-13(12-9-14(16)20-15(12)17)8-10-4-3-5-11(18)7-10/h3-5,7,9,13,19H,2,6,8H2,1H3. The number of rotatable bonds is 6. The Kier molecular flexibility index (Phi) is 6.56. The molecule has 0 spiro atoms. The maximum atomic E-state index is 6.08. The highest BCUT2D eigenvalue weighted by atomic mass is 79.9. The molecule has 108 valence electrons. The van der Waals surface area contributed by atoms with Crippen LogP contribution >= 0.6 is 54.8 Å². The third-order valence-corrected chi connectivity index (χ3v) is 5.65. The van der Waals surface area contributed by atoms with E-state index in [1.54, 1.807) is 11.3 Å². The van der Waals surface area contributed by atoms with E-state index in [4.69, 9.17) is 11.6 Å². The largest absolute Gasteiger partial charge is 0.310 e. The van der Waals surface area contributed by atoms with Crippen LogP contribution in [0.15, 0.2) is 37.9 Å². The Hall–Kier alpha value is 0.130. The van der Waals surface area contributed by atoms with Crippen LogP contribution in [0, 0.1) is 0 Å². The topological polar surface area (TPSA) is 12.0 Å². The van der Waals surface area contributed by atoms with Crippen LogP contribution in [0.3, 0.4) is 0 Å². The summed E-state index contributed by atoms with van der Waals surface area (Å²) in [5.41, 5.74) is 2.55. The van der Waals surface area contributed by atoms with Crippen molar-refractivity contribution in [3.63, 3.8) is 0 Å². The van der Waals surface area contributed by atoms with Crippen molar-refractivity contribution in [3.8, 4) is 0 Å². The lowest BCUT2D eigenvalue weighted by Gasteiger charge is -2.18. The molecule has 0 radical (unpaired) electrons. The summed E-state index contributed by atoms with van der Waals surface area (Å²) in [5, 5.41) is 4.41. The zero-order chi connectivity index (χ0) is 14.5. The summed E-state index contributed by atoms with van der Waals surface area (Å²) in [6, 6.07) is 10.6. The van der Waals surface area contributed by atoms with Gasteiger partial charge in [-0.1, -0.05) is 30.7 Å². The van der Waals surface area contributed by atoms with Crippen molar-refractivity contribution in [2.24, 2.45) is 0 Å². The molecule has 0 bridgehead atoms. The van der Waals surface area contributed by atoms with Crippen molar-refractivity contribution in [1.82, 2.24) is 5.32 Å². The Balaban J connectivity index is 2.21. The van der Waals surface area contributed by atoms with Gasteiger partial charge in [-0.15, -0.1) is 11.3 Å². The molecule has 1 aromatic carbocycles. The van der Waals surface area contributed by atoms with Gasteiger partial charge in [-0.2, -0.15) is 0 Å². The summed E-state index contributed by atoms with van der Waals surface area (Å²) in [7, 11) is 0. The fourth-order valence-electron chi connectivity index (χ4n) is 2.10. The van der Waals surface area contributed by atoms with E-state index in [9.17, 15) is 0 Å². The molecule has 1 atom stereocenters.